The normalized spacial score (nSPS) is 32.8. The molecule has 2 fully saturated rings. The molecule has 0 unspecified atom stereocenters. The number of hydrogen-bond acceptors (Lipinski definition) is 2. The summed E-state index contributed by atoms with van der Waals surface area (Å²) in [6, 6.07) is 7.05. The van der Waals surface area contributed by atoms with Crippen LogP contribution in [0, 0.1) is 11.8 Å². The number of aliphatic hydroxyl groups excluding tert-OH is 1. The highest BCUT2D eigenvalue weighted by atomic mass is 35.5. The summed E-state index contributed by atoms with van der Waals surface area (Å²) in [5, 5.41) is 15.8. The number of aliphatic hydroxyl groups is 1. The van der Waals surface area contributed by atoms with Crippen molar-refractivity contribution in [2.24, 2.45) is 11.8 Å². The Labute approximate surface area is 110 Å². The standard InChI is InChI=1S/C13H15ClN2O2/c14-7-1-3-8(4-2-7)15-13(18)16-12-10-5-9(17)6-11(10)12/h1-4,9-12,17H,5-6H2,(H2,15,16,18)/t9-,10-,11+,12+. The minimum absolute atomic E-state index is 0.169. The minimum Gasteiger partial charge on any atom is -0.393 e. The van der Waals surface area contributed by atoms with Gasteiger partial charge in [-0.25, -0.2) is 4.79 Å². The maximum Gasteiger partial charge on any atom is 0.319 e. The van der Waals surface area contributed by atoms with Crippen LogP contribution in [0.4, 0.5) is 10.5 Å². The Balaban J connectivity index is 1.50. The van der Waals surface area contributed by atoms with Gasteiger partial charge in [-0.2, -0.15) is 0 Å². The van der Waals surface area contributed by atoms with Crippen molar-refractivity contribution in [2.45, 2.75) is 25.0 Å². The molecule has 5 heteroatoms. The van der Waals surface area contributed by atoms with E-state index in [1.54, 1.807) is 24.3 Å². The molecule has 0 saturated heterocycles. The zero-order chi connectivity index (χ0) is 12.7. The highest BCUT2D eigenvalue weighted by Crippen LogP contribution is 2.51. The fourth-order valence-electron chi connectivity index (χ4n) is 2.88. The summed E-state index contributed by atoms with van der Waals surface area (Å²) in [6.07, 6.45) is 1.46. The van der Waals surface area contributed by atoms with Crippen LogP contribution in [0.15, 0.2) is 24.3 Å². The highest BCUT2D eigenvalue weighted by Gasteiger charge is 2.56. The molecule has 3 rings (SSSR count). The third-order valence-corrected chi connectivity index (χ3v) is 4.07. The number of nitrogens with one attached hydrogen (secondary N) is 2. The van der Waals surface area contributed by atoms with Crippen LogP contribution in [0.2, 0.25) is 5.02 Å². The van der Waals surface area contributed by atoms with Gasteiger partial charge >= 0.3 is 6.03 Å². The molecule has 0 spiro atoms. The van der Waals surface area contributed by atoms with Crippen molar-refractivity contribution >= 4 is 23.3 Å². The van der Waals surface area contributed by atoms with Crippen molar-refractivity contribution in [3.05, 3.63) is 29.3 Å². The molecule has 0 aliphatic heterocycles. The number of hydrogen-bond donors (Lipinski definition) is 3. The summed E-state index contributed by atoms with van der Waals surface area (Å²) in [5.74, 6) is 0.937. The van der Waals surface area contributed by atoms with Gasteiger partial charge in [0.25, 0.3) is 0 Å². The molecular formula is C13H15ClN2O2. The van der Waals surface area contributed by atoms with E-state index in [0.29, 0.717) is 16.9 Å². The summed E-state index contributed by atoms with van der Waals surface area (Å²) < 4.78 is 0. The van der Waals surface area contributed by atoms with Gasteiger partial charge in [0.1, 0.15) is 0 Å². The molecule has 2 amide bonds. The van der Waals surface area contributed by atoms with Gasteiger partial charge in [0, 0.05) is 16.8 Å². The first kappa shape index (κ1) is 11.8. The Morgan fingerprint density at radius 2 is 1.83 bits per heavy atom. The van der Waals surface area contributed by atoms with Crippen molar-refractivity contribution in [1.29, 1.82) is 0 Å². The van der Waals surface area contributed by atoms with Crippen LogP contribution in [-0.2, 0) is 0 Å². The maximum absolute atomic E-state index is 11.7. The molecule has 1 aromatic carbocycles. The fraction of sp³-hybridized carbons (Fsp3) is 0.462. The van der Waals surface area contributed by atoms with Gasteiger partial charge in [0.15, 0.2) is 0 Å². The smallest absolute Gasteiger partial charge is 0.319 e. The summed E-state index contributed by atoms with van der Waals surface area (Å²) in [6.45, 7) is 0. The van der Waals surface area contributed by atoms with Gasteiger partial charge in [-0.15, -0.1) is 0 Å². The molecule has 18 heavy (non-hydrogen) atoms. The van der Waals surface area contributed by atoms with E-state index in [4.69, 9.17) is 11.6 Å². The van der Waals surface area contributed by atoms with E-state index in [0.717, 1.165) is 18.5 Å². The van der Waals surface area contributed by atoms with E-state index in [1.165, 1.54) is 0 Å². The Kier molecular flexibility index (Phi) is 2.92. The number of carbonyl (C=O) groups is 1. The zero-order valence-corrected chi connectivity index (χ0v) is 10.5. The van der Waals surface area contributed by atoms with Crippen LogP contribution in [0.25, 0.3) is 0 Å². The average molecular weight is 267 g/mol. The molecular weight excluding hydrogens is 252 g/mol. The van der Waals surface area contributed by atoms with Gasteiger partial charge in [0.05, 0.1) is 6.10 Å². The van der Waals surface area contributed by atoms with Crippen LogP contribution < -0.4 is 10.6 Å². The van der Waals surface area contributed by atoms with E-state index in [9.17, 15) is 9.90 Å². The monoisotopic (exact) mass is 266 g/mol. The predicted octanol–water partition coefficient (Wildman–Crippen LogP) is 2.23. The number of amides is 2. The van der Waals surface area contributed by atoms with Crippen LogP contribution >= 0.6 is 11.6 Å². The number of carbonyl (C=O) groups excluding carboxylic acids is 1. The fourth-order valence-corrected chi connectivity index (χ4v) is 3.00. The van der Waals surface area contributed by atoms with E-state index < -0.39 is 0 Å². The van der Waals surface area contributed by atoms with Gasteiger partial charge in [-0.3, -0.25) is 0 Å². The molecule has 4 nitrogen and oxygen atoms in total. The number of urea groups is 1. The minimum atomic E-state index is -0.189. The summed E-state index contributed by atoms with van der Waals surface area (Å²) in [5.41, 5.74) is 0.725. The number of fused-ring (bicyclic) bond motifs is 1. The van der Waals surface area contributed by atoms with Crippen molar-refractivity contribution < 1.29 is 9.90 Å². The second-order valence-corrected chi connectivity index (χ2v) is 5.52. The van der Waals surface area contributed by atoms with E-state index in [2.05, 4.69) is 10.6 Å². The van der Waals surface area contributed by atoms with E-state index in [-0.39, 0.29) is 18.2 Å². The number of rotatable bonds is 2. The van der Waals surface area contributed by atoms with E-state index in [1.807, 2.05) is 0 Å². The second-order valence-electron chi connectivity index (χ2n) is 5.08. The van der Waals surface area contributed by atoms with Gasteiger partial charge in [-0.05, 0) is 48.9 Å². The second kappa shape index (κ2) is 4.44. The number of halogens is 1. The summed E-state index contributed by atoms with van der Waals surface area (Å²) in [4.78, 5) is 11.7. The molecule has 2 aliphatic rings. The Morgan fingerprint density at radius 3 is 2.44 bits per heavy atom. The molecule has 4 atom stereocenters. The molecule has 0 heterocycles. The van der Waals surface area contributed by atoms with Crippen molar-refractivity contribution in [3.63, 3.8) is 0 Å². The Morgan fingerprint density at radius 1 is 1.22 bits per heavy atom. The van der Waals surface area contributed by atoms with Crippen LogP contribution in [0.3, 0.4) is 0 Å². The predicted molar refractivity (Wildman–Crippen MR) is 69.6 cm³/mol. The Bertz CT molecular complexity index is 451. The third kappa shape index (κ3) is 2.31. The summed E-state index contributed by atoms with van der Waals surface area (Å²) >= 11 is 5.77. The molecule has 3 N–H and O–H groups in total. The third-order valence-electron chi connectivity index (χ3n) is 3.82. The largest absolute Gasteiger partial charge is 0.393 e. The van der Waals surface area contributed by atoms with Gasteiger partial charge < -0.3 is 15.7 Å². The molecule has 0 aromatic heterocycles. The van der Waals surface area contributed by atoms with Crippen molar-refractivity contribution in [2.75, 3.05) is 5.32 Å². The number of anilines is 1. The molecule has 2 saturated carbocycles. The van der Waals surface area contributed by atoms with Crippen LogP contribution in [-0.4, -0.2) is 23.3 Å². The number of benzene rings is 1. The quantitative estimate of drug-likeness (QED) is 0.769. The lowest BCUT2D eigenvalue weighted by atomic mass is 10.2. The molecule has 0 radical (unpaired) electrons. The van der Waals surface area contributed by atoms with E-state index >= 15 is 0 Å². The van der Waals surface area contributed by atoms with Crippen molar-refractivity contribution in [1.82, 2.24) is 5.32 Å². The first-order valence-corrected chi connectivity index (χ1v) is 6.52. The lowest BCUT2D eigenvalue weighted by Crippen LogP contribution is -2.33. The first-order chi connectivity index (χ1) is 8.63. The van der Waals surface area contributed by atoms with Gasteiger partial charge in [0.2, 0.25) is 0 Å². The molecule has 1 aromatic rings. The maximum atomic E-state index is 11.7. The lowest BCUT2D eigenvalue weighted by molar-refractivity contribution is 0.163. The molecule has 0 bridgehead atoms. The zero-order valence-electron chi connectivity index (χ0n) is 9.77. The SMILES string of the molecule is O=C(Nc1ccc(Cl)cc1)N[C@H]1[C@@H]2C[C@@H](O)C[C@@H]21. The van der Waals surface area contributed by atoms with Gasteiger partial charge in [-0.1, -0.05) is 11.6 Å². The summed E-state index contributed by atoms with van der Waals surface area (Å²) in [7, 11) is 0. The molecule has 2 aliphatic carbocycles. The molecule has 96 valence electrons. The lowest BCUT2D eigenvalue weighted by Gasteiger charge is -2.11. The Hall–Kier alpha value is -1.26. The van der Waals surface area contributed by atoms with Crippen LogP contribution in [0.5, 0.6) is 0 Å². The first-order valence-electron chi connectivity index (χ1n) is 6.14. The topological polar surface area (TPSA) is 61.4 Å². The highest BCUT2D eigenvalue weighted by molar-refractivity contribution is 6.30. The van der Waals surface area contributed by atoms with Crippen LogP contribution in [0.1, 0.15) is 12.8 Å². The van der Waals surface area contributed by atoms with Crippen molar-refractivity contribution in [3.8, 4) is 0 Å². The average Bonchev–Trinajstić information content (AvgIpc) is 2.79.